The van der Waals surface area contributed by atoms with Gasteiger partial charge in [-0.05, 0) is 24.3 Å². The van der Waals surface area contributed by atoms with Gasteiger partial charge in [-0.3, -0.25) is 4.99 Å². The highest BCUT2D eigenvalue weighted by atomic mass is 79.9. The molecule has 1 aliphatic rings. The van der Waals surface area contributed by atoms with Crippen LogP contribution in [0.3, 0.4) is 0 Å². The second-order valence-corrected chi connectivity index (χ2v) is 5.61. The first-order valence-corrected chi connectivity index (χ1v) is 7.34. The lowest BCUT2D eigenvalue weighted by Crippen LogP contribution is -2.36. The number of nitrogens with zero attached hydrogens (tertiary/aromatic N) is 5. The number of hydrogen-bond donors (Lipinski definition) is 2. The van der Waals surface area contributed by atoms with E-state index in [0.717, 1.165) is 15.9 Å². The molecule has 7 nitrogen and oxygen atoms in total. The molecule has 1 unspecified atom stereocenters. The van der Waals surface area contributed by atoms with Gasteiger partial charge in [0.2, 0.25) is 0 Å². The molecule has 0 bridgehead atoms. The SMILES string of the molecule is NC1=NCC(c2cn(CCO)nn2)N1c1ccc(Br)cc1. The van der Waals surface area contributed by atoms with Gasteiger partial charge in [-0.25, -0.2) is 4.68 Å². The fourth-order valence-electron chi connectivity index (χ4n) is 2.32. The molecule has 1 aliphatic heterocycles. The van der Waals surface area contributed by atoms with Crippen molar-refractivity contribution < 1.29 is 5.11 Å². The van der Waals surface area contributed by atoms with Crippen LogP contribution in [0.5, 0.6) is 0 Å². The lowest BCUT2D eigenvalue weighted by molar-refractivity contribution is 0.268. The van der Waals surface area contributed by atoms with E-state index in [-0.39, 0.29) is 12.6 Å². The summed E-state index contributed by atoms with van der Waals surface area (Å²) in [5, 5.41) is 17.1. The van der Waals surface area contributed by atoms with Gasteiger partial charge in [-0.1, -0.05) is 21.1 Å². The highest BCUT2D eigenvalue weighted by Crippen LogP contribution is 2.30. The Balaban J connectivity index is 1.89. The molecule has 3 N–H and O–H groups in total. The van der Waals surface area contributed by atoms with Gasteiger partial charge in [-0.2, -0.15) is 0 Å². The topological polar surface area (TPSA) is 92.6 Å². The number of aliphatic hydroxyl groups excluding tert-OH is 1. The van der Waals surface area contributed by atoms with Crippen LogP contribution in [-0.2, 0) is 6.54 Å². The lowest BCUT2D eigenvalue weighted by Gasteiger charge is -2.24. The average Bonchev–Trinajstić information content (AvgIpc) is 3.07. The van der Waals surface area contributed by atoms with E-state index in [9.17, 15) is 0 Å². The van der Waals surface area contributed by atoms with Crippen molar-refractivity contribution >= 4 is 27.6 Å². The van der Waals surface area contributed by atoms with Crippen LogP contribution in [-0.4, -0.2) is 39.2 Å². The number of guanidine groups is 1. The summed E-state index contributed by atoms with van der Waals surface area (Å²) in [5.41, 5.74) is 7.76. The maximum Gasteiger partial charge on any atom is 0.196 e. The van der Waals surface area contributed by atoms with E-state index in [1.807, 2.05) is 35.4 Å². The van der Waals surface area contributed by atoms with Crippen molar-refractivity contribution in [1.82, 2.24) is 15.0 Å². The van der Waals surface area contributed by atoms with Gasteiger partial charge < -0.3 is 15.7 Å². The maximum atomic E-state index is 8.95. The minimum Gasteiger partial charge on any atom is -0.394 e. The number of nitrogens with two attached hydrogens (primary N) is 1. The first kappa shape index (κ1) is 14.0. The summed E-state index contributed by atoms with van der Waals surface area (Å²) in [7, 11) is 0. The molecule has 0 saturated heterocycles. The van der Waals surface area contributed by atoms with Gasteiger partial charge in [0, 0.05) is 10.2 Å². The van der Waals surface area contributed by atoms with E-state index >= 15 is 0 Å². The normalized spacial score (nSPS) is 18.1. The molecule has 21 heavy (non-hydrogen) atoms. The summed E-state index contributed by atoms with van der Waals surface area (Å²) in [6.07, 6.45) is 1.82. The Morgan fingerprint density at radius 3 is 2.81 bits per heavy atom. The van der Waals surface area contributed by atoms with Crippen LogP contribution in [0.4, 0.5) is 5.69 Å². The van der Waals surface area contributed by atoms with Crippen LogP contribution in [0.15, 0.2) is 39.9 Å². The molecule has 0 fully saturated rings. The van der Waals surface area contributed by atoms with Crippen LogP contribution in [0.25, 0.3) is 0 Å². The third-order valence-corrected chi connectivity index (χ3v) is 3.85. The van der Waals surface area contributed by atoms with Gasteiger partial charge >= 0.3 is 0 Å². The standard InChI is InChI=1S/C13H15BrN6O/c14-9-1-3-10(4-2-9)20-12(7-16-13(20)15)11-8-19(5-6-21)18-17-11/h1-4,8,12,21H,5-7H2,(H2,15,16). The van der Waals surface area contributed by atoms with Crippen LogP contribution in [0.2, 0.25) is 0 Å². The van der Waals surface area contributed by atoms with Crippen LogP contribution in [0, 0.1) is 0 Å². The molecule has 110 valence electrons. The summed E-state index contributed by atoms with van der Waals surface area (Å²) in [6, 6.07) is 7.80. The van der Waals surface area contributed by atoms with Crippen molar-refractivity contribution in [2.75, 3.05) is 18.1 Å². The van der Waals surface area contributed by atoms with Gasteiger partial charge in [0.05, 0.1) is 25.9 Å². The number of benzene rings is 1. The van der Waals surface area contributed by atoms with Gasteiger partial charge in [0.1, 0.15) is 11.7 Å². The van der Waals surface area contributed by atoms with Crippen molar-refractivity contribution in [3.8, 4) is 0 Å². The van der Waals surface area contributed by atoms with E-state index in [4.69, 9.17) is 10.8 Å². The van der Waals surface area contributed by atoms with E-state index in [2.05, 4.69) is 31.2 Å². The second kappa shape index (κ2) is 5.82. The van der Waals surface area contributed by atoms with Gasteiger partial charge in [0.15, 0.2) is 5.96 Å². The third-order valence-electron chi connectivity index (χ3n) is 3.32. The summed E-state index contributed by atoms with van der Waals surface area (Å²) >= 11 is 3.42. The monoisotopic (exact) mass is 350 g/mol. The maximum absolute atomic E-state index is 8.95. The fourth-order valence-corrected chi connectivity index (χ4v) is 2.58. The zero-order valence-corrected chi connectivity index (χ0v) is 12.8. The van der Waals surface area contributed by atoms with Crippen molar-refractivity contribution in [1.29, 1.82) is 0 Å². The molecule has 1 aromatic carbocycles. The first-order chi connectivity index (χ1) is 10.2. The summed E-state index contributed by atoms with van der Waals surface area (Å²) in [4.78, 5) is 6.26. The van der Waals surface area contributed by atoms with E-state index in [1.165, 1.54) is 0 Å². The summed E-state index contributed by atoms with van der Waals surface area (Å²) in [6.45, 7) is 0.997. The number of halogens is 1. The number of hydrogen-bond acceptors (Lipinski definition) is 6. The molecule has 0 aliphatic carbocycles. The highest BCUT2D eigenvalue weighted by Gasteiger charge is 2.30. The van der Waals surface area contributed by atoms with E-state index < -0.39 is 0 Å². The molecule has 8 heteroatoms. The molecule has 2 aromatic rings. The predicted molar refractivity (Wildman–Crippen MR) is 83.0 cm³/mol. The molecule has 0 amide bonds. The van der Waals surface area contributed by atoms with Crippen LogP contribution < -0.4 is 10.6 Å². The van der Waals surface area contributed by atoms with Crippen molar-refractivity contribution in [3.63, 3.8) is 0 Å². The quantitative estimate of drug-likeness (QED) is 0.854. The Morgan fingerprint density at radius 1 is 1.33 bits per heavy atom. The molecular weight excluding hydrogens is 336 g/mol. The van der Waals surface area contributed by atoms with Crippen molar-refractivity contribution in [3.05, 3.63) is 40.6 Å². The largest absolute Gasteiger partial charge is 0.394 e. The number of aliphatic hydroxyl groups is 1. The minimum absolute atomic E-state index is 0.0303. The number of aliphatic imine (C=N–C) groups is 1. The van der Waals surface area contributed by atoms with Crippen LogP contribution >= 0.6 is 15.9 Å². The summed E-state index contributed by atoms with van der Waals surface area (Å²) < 4.78 is 2.62. The fraction of sp³-hybridized carbons (Fsp3) is 0.308. The van der Waals surface area contributed by atoms with Crippen molar-refractivity contribution in [2.45, 2.75) is 12.6 Å². The molecule has 0 spiro atoms. The van der Waals surface area contributed by atoms with E-state index in [1.54, 1.807) is 4.68 Å². The molecule has 3 rings (SSSR count). The number of anilines is 1. The molecule has 2 heterocycles. The Kier molecular flexibility index (Phi) is 3.89. The Bertz CT molecular complexity index is 653. The zero-order valence-electron chi connectivity index (χ0n) is 11.2. The average molecular weight is 351 g/mol. The number of aromatic nitrogens is 3. The predicted octanol–water partition coefficient (Wildman–Crippen LogP) is 0.909. The molecule has 0 saturated carbocycles. The molecule has 1 aromatic heterocycles. The Labute approximate surface area is 130 Å². The first-order valence-electron chi connectivity index (χ1n) is 6.54. The third kappa shape index (κ3) is 2.77. The molecule has 1 atom stereocenters. The van der Waals surface area contributed by atoms with E-state index in [0.29, 0.717) is 19.0 Å². The van der Waals surface area contributed by atoms with Crippen LogP contribution in [0.1, 0.15) is 11.7 Å². The smallest absolute Gasteiger partial charge is 0.196 e. The Morgan fingerprint density at radius 2 is 2.10 bits per heavy atom. The zero-order chi connectivity index (χ0) is 14.8. The van der Waals surface area contributed by atoms with Crippen molar-refractivity contribution in [2.24, 2.45) is 10.7 Å². The lowest BCUT2D eigenvalue weighted by atomic mass is 10.2. The second-order valence-electron chi connectivity index (χ2n) is 4.69. The Hall–Kier alpha value is -1.93. The molecule has 0 radical (unpaired) electrons. The highest BCUT2D eigenvalue weighted by molar-refractivity contribution is 9.10. The van der Waals surface area contributed by atoms with Gasteiger partial charge in [0.25, 0.3) is 0 Å². The molecular formula is C13H15BrN6O. The van der Waals surface area contributed by atoms with Gasteiger partial charge in [-0.15, -0.1) is 5.10 Å². The summed E-state index contributed by atoms with van der Waals surface area (Å²) in [5.74, 6) is 0.471. The minimum atomic E-state index is -0.0707. The number of rotatable bonds is 4.